The standard InChI is InChI=1S/C19H26N2O6/c1-12(18(24)26-3)10-16(19(25)27-4)21-17(23)15(20-13(2)22)11-14-8-6-5-7-9-14/h5-9,12,15-16H,10-11H2,1-4H3,(H,20,22)(H,21,23)/t12-,15-,16-/m1/s1. The van der Waals surface area contributed by atoms with Crippen molar-refractivity contribution in [1.29, 1.82) is 0 Å². The number of nitrogens with one attached hydrogen (secondary N) is 2. The minimum Gasteiger partial charge on any atom is -0.469 e. The van der Waals surface area contributed by atoms with E-state index in [-0.39, 0.29) is 18.7 Å². The first kappa shape index (κ1) is 22.1. The molecule has 2 amide bonds. The largest absolute Gasteiger partial charge is 0.469 e. The molecule has 148 valence electrons. The van der Waals surface area contributed by atoms with Gasteiger partial charge in [0, 0.05) is 13.3 Å². The predicted molar refractivity (Wildman–Crippen MR) is 97.5 cm³/mol. The van der Waals surface area contributed by atoms with Crippen LogP contribution in [0.3, 0.4) is 0 Å². The van der Waals surface area contributed by atoms with Crippen LogP contribution in [0.4, 0.5) is 0 Å². The fraction of sp³-hybridized carbons (Fsp3) is 0.474. The Kier molecular flexibility index (Phi) is 8.98. The number of rotatable bonds is 9. The molecule has 0 heterocycles. The lowest BCUT2D eigenvalue weighted by molar-refractivity contribution is -0.149. The van der Waals surface area contributed by atoms with Gasteiger partial charge < -0.3 is 20.1 Å². The molecule has 0 spiro atoms. The maximum Gasteiger partial charge on any atom is 0.328 e. The molecule has 1 aromatic rings. The molecule has 0 saturated carbocycles. The van der Waals surface area contributed by atoms with Crippen LogP contribution in [0.5, 0.6) is 0 Å². The number of methoxy groups -OCH3 is 2. The molecule has 0 aromatic heterocycles. The summed E-state index contributed by atoms with van der Waals surface area (Å²) in [6.45, 7) is 2.89. The quantitative estimate of drug-likeness (QED) is 0.609. The molecular weight excluding hydrogens is 352 g/mol. The van der Waals surface area contributed by atoms with Gasteiger partial charge in [-0.2, -0.15) is 0 Å². The zero-order valence-electron chi connectivity index (χ0n) is 16.0. The Bertz CT molecular complexity index is 661. The van der Waals surface area contributed by atoms with Crippen LogP contribution in [0.1, 0.15) is 25.8 Å². The van der Waals surface area contributed by atoms with Gasteiger partial charge in [0.2, 0.25) is 11.8 Å². The number of carbonyl (C=O) groups excluding carboxylic acids is 4. The molecule has 3 atom stereocenters. The van der Waals surface area contributed by atoms with E-state index in [0.29, 0.717) is 0 Å². The van der Waals surface area contributed by atoms with E-state index in [2.05, 4.69) is 15.4 Å². The van der Waals surface area contributed by atoms with Crippen molar-refractivity contribution in [3.05, 3.63) is 35.9 Å². The van der Waals surface area contributed by atoms with E-state index in [1.165, 1.54) is 21.1 Å². The van der Waals surface area contributed by atoms with E-state index in [1.54, 1.807) is 6.92 Å². The minimum atomic E-state index is -1.04. The molecule has 2 N–H and O–H groups in total. The highest BCUT2D eigenvalue weighted by atomic mass is 16.5. The van der Waals surface area contributed by atoms with Crippen LogP contribution in [0.15, 0.2) is 30.3 Å². The van der Waals surface area contributed by atoms with Gasteiger partial charge in [-0.3, -0.25) is 14.4 Å². The van der Waals surface area contributed by atoms with Crippen molar-refractivity contribution < 1.29 is 28.7 Å². The Balaban J connectivity index is 2.91. The van der Waals surface area contributed by atoms with E-state index < -0.39 is 35.8 Å². The molecule has 0 aliphatic rings. The van der Waals surface area contributed by atoms with E-state index in [1.807, 2.05) is 30.3 Å². The summed E-state index contributed by atoms with van der Waals surface area (Å²) < 4.78 is 9.36. The molecule has 0 fully saturated rings. The molecule has 8 heteroatoms. The van der Waals surface area contributed by atoms with Crippen molar-refractivity contribution in [3.63, 3.8) is 0 Å². The van der Waals surface area contributed by atoms with Gasteiger partial charge in [0.25, 0.3) is 0 Å². The molecule has 0 radical (unpaired) electrons. The van der Waals surface area contributed by atoms with Crippen LogP contribution in [0.25, 0.3) is 0 Å². The second-order valence-corrected chi connectivity index (χ2v) is 6.19. The molecule has 27 heavy (non-hydrogen) atoms. The van der Waals surface area contributed by atoms with Gasteiger partial charge in [-0.05, 0) is 12.0 Å². The van der Waals surface area contributed by atoms with Crippen molar-refractivity contribution in [3.8, 4) is 0 Å². The summed E-state index contributed by atoms with van der Waals surface area (Å²) in [4.78, 5) is 47.8. The summed E-state index contributed by atoms with van der Waals surface area (Å²) in [5.41, 5.74) is 0.851. The molecule has 0 bridgehead atoms. The minimum absolute atomic E-state index is 0.0171. The maximum absolute atomic E-state index is 12.7. The van der Waals surface area contributed by atoms with Crippen LogP contribution < -0.4 is 10.6 Å². The molecule has 1 aromatic carbocycles. The summed E-state index contributed by atoms with van der Waals surface area (Å²) in [7, 11) is 2.44. The molecule has 0 unspecified atom stereocenters. The molecule has 1 rings (SSSR count). The second kappa shape index (κ2) is 10.9. The zero-order valence-corrected chi connectivity index (χ0v) is 16.0. The van der Waals surface area contributed by atoms with Crippen molar-refractivity contribution >= 4 is 23.8 Å². The van der Waals surface area contributed by atoms with E-state index in [9.17, 15) is 19.2 Å². The third-order valence-electron chi connectivity index (χ3n) is 3.97. The number of esters is 2. The Labute approximate surface area is 158 Å². The Hall–Kier alpha value is -2.90. The van der Waals surface area contributed by atoms with E-state index >= 15 is 0 Å². The predicted octanol–water partition coefficient (Wildman–Crippen LogP) is 0.591. The van der Waals surface area contributed by atoms with Crippen molar-refractivity contribution in [2.75, 3.05) is 14.2 Å². The van der Waals surface area contributed by atoms with Crippen molar-refractivity contribution in [2.24, 2.45) is 5.92 Å². The van der Waals surface area contributed by atoms with Gasteiger partial charge in [-0.15, -0.1) is 0 Å². The normalized spacial score (nSPS) is 13.6. The van der Waals surface area contributed by atoms with Gasteiger partial charge in [-0.25, -0.2) is 4.79 Å². The zero-order chi connectivity index (χ0) is 20.4. The highest BCUT2D eigenvalue weighted by molar-refractivity contribution is 5.90. The highest BCUT2D eigenvalue weighted by Gasteiger charge is 2.30. The Morgan fingerprint density at radius 1 is 0.926 bits per heavy atom. The summed E-state index contributed by atoms with van der Waals surface area (Å²) in [5, 5.41) is 5.15. The van der Waals surface area contributed by atoms with E-state index in [4.69, 9.17) is 4.74 Å². The van der Waals surface area contributed by atoms with Gasteiger partial charge in [0.15, 0.2) is 0 Å². The van der Waals surface area contributed by atoms with Crippen LogP contribution in [-0.2, 0) is 35.1 Å². The van der Waals surface area contributed by atoms with Gasteiger partial charge in [0.1, 0.15) is 12.1 Å². The number of benzene rings is 1. The van der Waals surface area contributed by atoms with Crippen LogP contribution in [0, 0.1) is 5.92 Å². The molecule has 0 aliphatic carbocycles. The van der Waals surface area contributed by atoms with Crippen molar-refractivity contribution in [2.45, 2.75) is 38.8 Å². The molecule has 0 saturated heterocycles. The van der Waals surface area contributed by atoms with Crippen LogP contribution in [0.2, 0.25) is 0 Å². The fourth-order valence-corrected chi connectivity index (χ4v) is 2.58. The van der Waals surface area contributed by atoms with E-state index in [0.717, 1.165) is 5.56 Å². The Morgan fingerprint density at radius 2 is 1.52 bits per heavy atom. The average molecular weight is 378 g/mol. The monoisotopic (exact) mass is 378 g/mol. The second-order valence-electron chi connectivity index (χ2n) is 6.19. The number of carbonyl (C=O) groups is 4. The maximum atomic E-state index is 12.7. The number of ether oxygens (including phenoxy) is 2. The fourth-order valence-electron chi connectivity index (χ4n) is 2.58. The first-order valence-corrected chi connectivity index (χ1v) is 8.55. The smallest absolute Gasteiger partial charge is 0.328 e. The topological polar surface area (TPSA) is 111 Å². The lowest BCUT2D eigenvalue weighted by atomic mass is 10.0. The lowest BCUT2D eigenvalue weighted by Gasteiger charge is -2.23. The SMILES string of the molecule is COC(=O)[C@H](C)C[C@@H](NC(=O)[C@@H](Cc1ccccc1)NC(C)=O)C(=O)OC. The Morgan fingerprint density at radius 3 is 2.04 bits per heavy atom. The van der Waals surface area contributed by atoms with Crippen molar-refractivity contribution in [1.82, 2.24) is 10.6 Å². The molecule has 8 nitrogen and oxygen atoms in total. The van der Waals surface area contributed by atoms with Crippen LogP contribution in [-0.4, -0.2) is 50.1 Å². The summed E-state index contributed by atoms with van der Waals surface area (Å²) in [6, 6.07) is 7.26. The van der Waals surface area contributed by atoms with Gasteiger partial charge in [-0.1, -0.05) is 37.3 Å². The molecular formula is C19H26N2O6. The molecule has 0 aliphatic heterocycles. The van der Waals surface area contributed by atoms with Crippen LogP contribution >= 0.6 is 0 Å². The highest BCUT2D eigenvalue weighted by Crippen LogP contribution is 2.11. The third-order valence-corrected chi connectivity index (χ3v) is 3.97. The number of amides is 2. The lowest BCUT2D eigenvalue weighted by Crippen LogP contribution is -2.53. The first-order chi connectivity index (χ1) is 12.8. The third kappa shape index (κ3) is 7.47. The van der Waals surface area contributed by atoms with Gasteiger partial charge >= 0.3 is 11.9 Å². The number of hydrogen-bond acceptors (Lipinski definition) is 6. The summed E-state index contributed by atoms with van der Waals surface area (Å²) in [6.07, 6.45) is 0.274. The van der Waals surface area contributed by atoms with Gasteiger partial charge in [0.05, 0.1) is 20.1 Å². The average Bonchev–Trinajstić information content (AvgIpc) is 2.65. The number of hydrogen-bond donors (Lipinski definition) is 2. The summed E-state index contributed by atoms with van der Waals surface area (Å²) >= 11 is 0. The summed E-state index contributed by atoms with van der Waals surface area (Å²) in [5.74, 6) is -2.71. The first-order valence-electron chi connectivity index (χ1n) is 8.55.